The van der Waals surface area contributed by atoms with Crippen LogP contribution in [0.15, 0.2) is 12.7 Å². The summed E-state index contributed by atoms with van der Waals surface area (Å²) in [6.07, 6.45) is -1.42. The second-order valence-corrected chi connectivity index (χ2v) is 5.40. The summed E-state index contributed by atoms with van der Waals surface area (Å²) >= 11 is 0. The molecule has 22 heavy (non-hydrogen) atoms. The Bertz CT molecular complexity index is 661. The maximum Gasteiger partial charge on any atom is 0.245 e. The summed E-state index contributed by atoms with van der Waals surface area (Å²) in [5.74, 6) is 0.338. The van der Waals surface area contributed by atoms with E-state index in [0.29, 0.717) is 17.0 Å². The van der Waals surface area contributed by atoms with Gasteiger partial charge in [0.15, 0.2) is 17.4 Å². The molecule has 1 aliphatic heterocycles. The van der Waals surface area contributed by atoms with Crippen molar-refractivity contribution < 1.29 is 24.8 Å². The molecule has 0 radical (unpaired) electrons. The van der Waals surface area contributed by atoms with E-state index in [1.807, 2.05) is 13.8 Å². The predicted molar refractivity (Wildman–Crippen MR) is 74.1 cm³/mol. The van der Waals surface area contributed by atoms with Crippen molar-refractivity contribution in [2.45, 2.75) is 44.5 Å². The van der Waals surface area contributed by atoms with Crippen LogP contribution in [-0.4, -0.2) is 65.9 Å². The van der Waals surface area contributed by atoms with Gasteiger partial charge < -0.3 is 24.8 Å². The van der Waals surface area contributed by atoms with Gasteiger partial charge in [0, 0.05) is 0 Å². The Kier molecular flexibility index (Phi) is 3.96. The van der Waals surface area contributed by atoms with Crippen LogP contribution in [-0.2, 0) is 4.74 Å². The largest absolute Gasteiger partial charge is 0.473 e. The summed E-state index contributed by atoms with van der Waals surface area (Å²) in [5.41, 5.74) is 0.856. The molecule has 1 aliphatic rings. The predicted octanol–water partition coefficient (Wildman–Crippen LogP) is -0.775. The molecule has 0 aliphatic carbocycles. The van der Waals surface area contributed by atoms with E-state index >= 15 is 0 Å². The van der Waals surface area contributed by atoms with Gasteiger partial charge in [0.25, 0.3) is 0 Å². The minimum atomic E-state index is -1.20. The zero-order chi connectivity index (χ0) is 15.9. The Morgan fingerprint density at radius 1 is 1.27 bits per heavy atom. The summed E-state index contributed by atoms with van der Waals surface area (Å²) in [4.78, 5) is 12.4. The third-order valence-electron chi connectivity index (χ3n) is 3.46. The highest BCUT2D eigenvalue weighted by Gasteiger charge is 2.44. The standard InChI is InChI=1S/C13H18N4O5/c1-6(2)21-12-8-11(14-4-15-12)17(5-16-8)13-10(20)9(19)7(3-18)22-13/h4-7,9-10,13,18-20H,3H2,1-2H3. The van der Waals surface area contributed by atoms with E-state index in [0.717, 1.165) is 0 Å². The van der Waals surface area contributed by atoms with Gasteiger partial charge in [-0.1, -0.05) is 0 Å². The summed E-state index contributed by atoms with van der Waals surface area (Å²) in [6, 6.07) is 0. The van der Waals surface area contributed by atoms with E-state index in [4.69, 9.17) is 14.6 Å². The summed E-state index contributed by atoms with van der Waals surface area (Å²) < 4.78 is 12.5. The maximum atomic E-state index is 10.1. The van der Waals surface area contributed by atoms with Crippen LogP contribution in [0.25, 0.3) is 11.2 Å². The smallest absolute Gasteiger partial charge is 0.245 e. The van der Waals surface area contributed by atoms with Crippen molar-refractivity contribution in [3.63, 3.8) is 0 Å². The quantitative estimate of drug-likeness (QED) is 0.672. The highest BCUT2D eigenvalue weighted by Crippen LogP contribution is 2.32. The molecule has 3 N–H and O–H groups in total. The molecule has 120 valence electrons. The van der Waals surface area contributed by atoms with Gasteiger partial charge in [0.05, 0.1) is 19.0 Å². The molecule has 4 unspecified atom stereocenters. The third-order valence-corrected chi connectivity index (χ3v) is 3.46. The van der Waals surface area contributed by atoms with Gasteiger partial charge in [0.1, 0.15) is 24.6 Å². The van der Waals surface area contributed by atoms with Gasteiger partial charge in [0.2, 0.25) is 5.88 Å². The summed E-state index contributed by atoms with van der Waals surface area (Å²) in [6.45, 7) is 3.35. The van der Waals surface area contributed by atoms with Gasteiger partial charge in [-0.3, -0.25) is 4.57 Å². The van der Waals surface area contributed by atoms with Crippen LogP contribution >= 0.6 is 0 Å². The number of aromatic nitrogens is 4. The fourth-order valence-electron chi connectivity index (χ4n) is 2.44. The van der Waals surface area contributed by atoms with Gasteiger partial charge in [-0.05, 0) is 13.8 Å². The molecule has 9 heteroatoms. The second kappa shape index (κ2) is 5.76. The van der Waals surface area contributed by atoms with Crippen molar-refractivity contribution in [3.8, 4) is 5.88 Å². The number of hydrogen-bond donors (Lipinski definition) is 3. The van der Waals surface area contributed by atoms with Crippen LogP contribution in [0.5, 0.6) is 5.88 Å². The fraction of sp³-hybridized carbons (Fsp3) is 0.615. The van der Waals surface area contributed by atoms with Gasteiger partial charge in [-0.25, -0.2) is 9.97 Å². The average molecular weight is 310 g/mol. The molecule has 1 saturated heterocycles. The van der Waals surface area contributed by atoms with E-state index in [1.165, 1.54) is 17.2 Å². The topological polar surface area (TPSA) is 123 Å². The van der Waals surface area contributed by atoms with E-state index in [1.54, 1.807) is 0 Å². The fourth-order valence-corrected chi connectivity index (χ4v) is 2.44. The molecule has 0 bridgehead atoms. The molecule has 0 spiro atoms. The summed E-state index contributed by atoms with van der Waals surface area (Å²) in [7, 11) is 0. The van der Waals surface area contributed by atoms with Crippen LogP contribution in [0.2, 0.25) is 0 Å². The summed E-state index contributed by atoms with van der Waals surface area (Å²) in [5, 5.41) is 29.1. The van der Waals surface area contributed by atoms with Crippen molar-refractivity contribution >= 4 is 11.2 Å². The van der Waals surface area contributed by atoms with Crippen LogP contribution in [0, 0.1) is 0 Å². The first kappa shape index (κ1) is 15.1. The monoisotopic (exact) mass is 310 g/mol. The minimum Gasteiger partial charge on any atom is -0.473 e. The molecular weight excluding hydrogens is 292 g/mol. The van der Waals surface area contributed by atoms with Crippen molar-refractivity contribution in [2.75, 3.05) is 6.61 Å². The Hall–Kier alpha value is -1.81. The molecule has 9 nitrogen and oxygen atoms in total. The maximum absolute atomic E-state index is 10.1. The average Bonchev–Trinajstić information content (AvgIpc) is 3.02. The molecular formula is C13H18N4O5. The number of fused-ring (bicyclic) bond motifs is 1. The highest BCUT2D eigenvalue weighted by atomic mass is 16.6. The lowest BCUT2D eigenvalue weighted by molar-refractivity contribution is -0.0511. The molecule has 3 heterocycles. The number of hydrogen-bond acceptors (Lipinski definition) is 8. The SMILES string of the molecule is CC(C)Oc1ncnc2c1ncn2C1OC(CO)C(O)C1O. The Labute approximate surface area is 126 Å². The molecule has 4 atom stereocenters. The first-order valence-electron chi connectivity index (χ1n) is 6.99. The number of aliphatic hydroxyl groups is 3. The second-order valence-electron chi connectivity index (χ2n) is 5.40. The van der Waals surface area contributed by atoms with E-state index in [-0.39, 0.29) is 6.10 Å². The Balaban J connectivity index is 1.99. The van der Waals surface area contributed by atoms with Gasteiger partial charge in [-0.2, -0.15) is 4.98 Å². The molecule has 1 fully saturated rings. The Morgan fingerprint density at radius 2 is 2.05 bits per heavy atom. The third kappa shape index (κ3) is 2.41. The van der Waals surface area contributed by atoms with Crippen molar-refractivity contribution in [1.82, 2.24) is 19.5 Å². The first-order valence-corrected chi connectivity index (χ1v) is 6.99. The minimum absolute atomic E-state index is 0.0721. The number of aliphatic hydroxyl groups excluding tert-OH is 3. The van der Waals surface area contributed by atoms with Crippen LogP contribution in [0.4, 0.5) is 0 Å². The van der Waals surface area contributed by atoms with Gasteiger partial charge in [-0.15, -0.1) is 0 Å². The molecule has 3 rings (SSSR count). The number of nitrogens with zero attached hydrogens (tertiary/aromatic N) is 4. The first-order chi connectivity index (χ1) is 10.5. The van der Waals surface area contributed by atoms with E-state index < -0.39 is 31.1 Å². The molecule has 2 aromatic heterocycles. The van der Waals surface area contributed by atoms with E-state index in [9.17, 15) is 10.2 Å². The lowest BCUT2D eigenvalue weighted by Crippen LogP contribution is -2.33. The number of imidazole rings is 1. The van der Waals surface area contributed by atoms with Crippen LogP contribution in [0.3, 0.4) is 0 Å². The zero-order valence-corrected chi connectivity index (χ0v) is 12.2. The highest BCUT2D eigenvalue weighted by molar-refractivity contribution is 5.76. The molecule has 2 aromatic rings. The van der Waals surface area contributed by atoms with Gasteiger partial charge >= 0.3 is 0 Å². The molecule has 0 aromatic carbocycles. The molecule has 0 amide bonds. The lowest BCUT2D eigenvalue weighted by Gasteiger charge is -2.16. The van der Waals surface area contributed by atoms with Crippen molar-refractivity contribution in [3.05, 3.63) is 12.7 Å². The van der Waals surface area contributed by atoms with Crippen molar-refractivity contribution in [1.29, 1.82) is 0 Å². The van der Waals surface area contributed by atoms with Crippen LogP contribution < -0.4 is 4.74 Å². The van der Waals surface area contributed by atoms with Crippen LogP contribution in [0.1, 0.15) is 20.1 Å². The van der Waals surface area contributed by atoms with Crippen molar-refractivity contribution in [2.24, 2.45) is 0 Å². The number of rotatable bonds is 4. The Morgan fingerprint density at radius 3 is 2.68 bits per heavy atom. The molecule has 0 saturated carbocycles. The lowest BCUT2D eigenvalue weighted by atomic mass is 10.1. The zero-order valence-electron chi connectivity index (χ0n) is 12.2. The number of ether oxygens (including phenoxy) is 2. The van der Waals surface area contributed by atoms with E-state index in [2.05, 4.69) is 15.0 Å². The normalized spacial score (nSPS) is 28.6.